The molecule has 2 aromatic carbocycles. The monoisotopic (exact) mass is 308 g/mol. The molecule has 1 aliphatic rings. The van der Waals surface area contributed by atoms with E-state index in [-0.39, 0.29) is 16.6 Å². The summed E-state index contributed by atoms with van der Waals surface area (Å²) in [7, 11) is 1.86. The molecule has 1 N–H and O–H groups in total. The summed E-state index contributed by atoms with van der Waals surface area (Å²) < 4.78 is 7.77. The molecule has 0 radical (unpaired) electrons. The van der Waals surface area contributed by atoms with E-state index >= 15 is 0 Å². The number of hydrogen-bond donors (Lipinski definition) is 1. The molecule has 5 nitrogen and oxygen atoms in total. The van der Waals surface area contributed by atoms with Crippen LogP contribution in [0.1, 0.15) is 13.8 Å². The van der Waals surface area contributed by atoms with E-state index in [1.807, 2.05) is 43.7 Å². The van der Waals surface area contributed by atoms with Gasteiger partial charge in [0, 0.05) is 24.7 Å². The topological polar surface area (TPSA) is 63.8 Å². The first kappa shape index (κ1) is 13.8. The number of benzene rings is 2. The van der Waals surface area contributed by atoms with Crippen molar-refractivity contribution in [3.05, 3.63) is 40.6 Å². The summed E-state index contributed by atoms with van der Waals surface area (Å²) in [5, 5.41) is 11.3. The van der Waals surface area contributed by atoms with Crippen LogP contribution in [0.3, 0.4) is 0 Å². The van der Waals surface area contributed by atoms with Crippen LogP contribution in [0.15, 0.2) is 40.1 Å². The third-order valence-corrected chi connectivity index (χ3v) is 4.17. The van der Waals surface area contributed by atoms with Gasteiger partial charge >= 0.3 is 0 Å². The van der Waals surface area contributed by atoms with Crippen LogP contribution in [0.25, 0.3) is 21.8 Å². The van der Waals surface area contributed by atoms with Crippen LogP contribution in [-0.2, 0) is 7.05 Å². The summed E-state index contributed by atoms with van der Waals surface area (Å²) >= 11 is 0. The van der Waals surface area contributed by atoms with Gasteiger partial charge in [-0.1, -0.05) is 12.1 Å². The van der Waals surface area contributed by atoms with E-state index in [2.05, 4.69) is 4.99 Å². The van der Waals surface area contributed by atoms with Crippen molar-refractivity contribution in [3.63, 3.8) is 0 Å². The Kier molecular flexibility index (Phi) is 2.61. The molecule has 0 atom stereocenters. The van der Waals surface area contributed by atoms with E-state index in [0.717, 1.165) is 5.52 Å². The number of aromatic nitrogens is 1. The highest BCUT2D eigenvalue weighted by atomic mass is 16.5. The zero-order valence-electron chi connectivity index (χ0n) is 13.1. The van der Waals surface area contributed by atoms with Gasteiger partial charge in [0.2, 0.25) is 5.43 Å². The molecule has 0 unspecified atom stereocenters. The summed E-state index contributed by atoms with van der Waals surface area (Å²) in [6.45, 7) is 3.78. The number of para-hydroxylation sites is 1. The van der Waals surface area contributed by atoms with Gasteiger partial charge in [0.15, 0.2) is 5.75 Å². The Labute approximate surface area is 132 Å². The van der Waals surface area contributed by atoms with Gasteiger partial charge < -0.3 is 14.4 Å². The highest BCUT2D eigenvalue weighted by molar-refractivity contribution is 6.04. The summed E-state index contributed by atoms with van der Waals surface area (Å²) in [6, 6.07) is 8.81. The first-order valence-electron chi connectivity index (χ1n) is 7.41. The number of aliphatic imine (C=N–C) groups is 1. The molecular formula is C18H16N2O3. The van der Waals surface area contributed by atoms with Crippen LogP contribution in [-0.4, -0.2) is 21.5 Å². The Bertz CT molecular complexity index is 1060. The van der Waals surface area contributed by atoms with Crippen LogP contribution in [0.4, 0.5) is 5.69 Å². The Morgan fingerprint density at radius 2 is 2.00 bits per heavy atom. The minimum absolute atomic E-state index is 0.0852. The number of aromatic hydroxyl groups is 1. The lowest BCUT2D eigenvalue weighted by atomic mass is 10.0. The molecule has 5 heteroatoms. The first-order valence-corrected chi connectivity index (χ1v) is 7.41. The minimum atomic E-state index is -0.553. The van der Waals surface area contributed by atoms with E-state index in [1.54, 1.807) is 12.3 Å². The van der Waals surface area contributed by atoms with Gasteiger partial charge in [-0.3, -0.25) is 9.79 Å². The van der Waals surface area contributed by atoms with Gasteiger partial charge in [-0.2, -0.15) is 0 Å². The maximum atomic E-state index is 12.8. The van der Waals surface area contributed by atoms with E-state index in [0.29, 0.717) is 22.3 Å². The third kappa shape index (κ3) is 1.86. The highest BCUT2D eigenvalue weighted by Crippen LogP contribution is 2.43. The lowest BCUT2D eigenvalue weighted by Crippen LogP contribution is -2.32. The molecule has 0 bridgehead atoms. The standard InChI is InChI=1S/C18H16N2O3/c1-18(2)9-19-15-13(23-18)8-12(21)14-16(15)20(3)11-7-5-4-6-10(11)17(14)22/h4-9,21H,1-3H3. The highest BCUT2D eigenvalue weighted by Gasteiger charge is 2.27. The summed E-state index contributed by atoms with van der Waals surface area (Å²) in [5.74, 6) is 0.394. The maximum Gasteiger partial charge on any atom is 0.201 e. The quantitative estimate of drug-likeness (QED) is 0.648. The largest absolute Gasteiger partial charge is 0.507 e. The smallest absolute Gasteiger partial charge is 0.201 e. The molecule has 1 aliphatic heterocycles. The average molecular weight is 308 g/mol. The molecule has 116 valence electrons. The number of rotatable bonds is 0. The molecule has 1 aromatic heterocycles. The van der Waals surface area contributed by atoms with Crippen molar-refractivity contribution in [3.8, 4) is 11.5 Å². The molecule has 0 amide bonds. The van der Waals surface area contributed by atoms with Crippen molar-refractivity contribution in [1.82, 2.24) is 4.57 Å². The summed E-state index contributed by atoms with van der Waals surface area (Å²) in [6.07, 6.45) is 1.71. The summed E-state index contributed by atoms with van der Waals surface area (Å²) in [5.41, 5.74) is 1.19. The third-order valence-electron chi connectivity index (χ3n) is 4.17. The molecule has 3 aromatic rings. The van der Waals surface area contributed by atoms with Gasteiger partial charge in [-0.05, 0) is 26.0 Å². The number of aryl methyl sites for hydroxylation is 1. The van der Waals surface area contributed by atoms with Gasteiger partial charge in [0.1, 0.15) is 17.0 Å². The number of pyridine rings is 1. The molecule has 0 fully saturated rings. The maximum absolute atomic E-state index is 12.8. The first-order chi connectivity index (χ1) is 10.9. The molecule has 0 saturated heterocycles. The van der Waals surface area contributed by atoms with Crippen molar-refractivity contribution in [2.75, 3.05) is 0 Å². The Morgan fingerprint density at radius 3 is 2.78 bits per heavy atom. The van der Waals surface area contributed by atoms with Crippen molar-refractivity contribution in [2.24, 2.45) is 12.0 Å². The van der Waals surface area contributed by atoms with Gasteiger partial charge in [-0.15, -0.1) is 0 Å². The predicted octanol–water partition coefficient (Wildman–Crippen LogP) is 3.27. The Balaban J connectivity index is 2.26. The number of fused-ring (bicyclic) bond motifs is 4. The normalized spacial score (nSPS) is 15.6. The average Bonchev–Trinajstić information content (AvgIpc) is 2.50. The number of ether oxygens (including phenoxy) is 1. The van der Waals surface area contributed by atoms with E-state index < -0.39 is 5.60 Å². The van der Waals surface area contributed by atoms with Crippen LogP contribution >= 0.6 is 0 Å². The zero-order valence-corrected chi connectivity index (χ0v) is 13.1. The van der Waals surface area contributed by atoms with E-state index in [9.17, 15) is 9.90 Å². The molecule has 0 spiro atoms. The SMILES string of the molecule is Cn1c2ccccc2c(=O)c2c(O)cc3c(c21)N=CC(C)(C)O3. The van der Waals surface area contributed by atoms with Crippen LogP contribution < -0.4 is 10.2 Å². The number of hydrogen-bond acceptors (Lipinski definition) is 4. The van der Waals surface area contributed by atoms with E-state index in [1.165, 1.54) is 6.07 Å². The summed E-state index contributed by atoms with van der Waals surface area (Å²) in [4.78, 5) is 17.3. The van der Waals surface area contributed by atoms with E-state index in [4.69, 9.17) is 4.74 Å². The number of phenolic OH excluding ortho intramolecular Hbond substituents is 1. The predicted molar refractivity (Wildman–Crippen MR) is 91.2 cm³/mol. The minimum Gasteiger partial charge on any atom is -0.507 e. The van der Waals surface area contributed by atoms with Gasteiger partial charge in [0.25, 0.3) is 0 Å². The fraction of sp³-hybridized carbons (Fsp3) is 0.222. The molecule has 2 heterocycles. The lowest BCUT2D eigenvalue weighted by Gasteiger charge is -2.28. The second-order valence-electron chi connectivity index (χ2n) is 6.34. The number of phenols is 1. The van der Waals surface area contributed by atoms with Crippen LogP contribution in [0, 0.1) is 0 Å². The second kappa shape index (κ2) is 4.35. The molecule has 4 rings (SSSR count). The Morgan fingerprint density at radius 1 is 1.26 bits per heavy atom. The molecule has 23 heavy (non-hydrogen) atoms. The Hall–Kier alpha value is -2.82. The second-order valence-corrected chi connectivity index (χ2v) is 6.34. The number of nitrogens with zero attached hydrogens (tertiary/aromatic N) is 2. The van der Waals surface area contributed by atoms with Crippen molar-refractivity contribution < 1.29 is 9.84 Å². The van der Waals surface area contributed by atoms with Crippen molar-refractivity contribution in [1.29, 1.82) is 0 Å². The fourth-order valence-electron chi connectivity index (χ4n) is 3.12. The fourth-order valence-corrected chi connectivity index (χ4v) is 3.12. The molecular weight excluding hydrogens is 292 g/mol. The van der Waals surface area contributed by atoms with Crippen LogP contribution in [0.2, 0.25) is 0 Å². The van der Waals surface area contributed by atoms with Gasteiger partial charge in [-0.25, -0.2) is 0 Å². The lowest BCUT2D eigenvalue weighted by molar-refractivity contribution is 0.184. The zero-order chi connectivity index (χ0) is 16.4. The van der Waals surface area contributed by atoms with Crippen molar-refractivity contribution >= 4 is 33.7 Å². The molecule has 0 aliphatic carbocycles. The van der Waals surface area contributed by atoms with Crippen LogP contribution in [0.5, 0.6) is 11.5 Å². The molecule has 0 saturated carbocycles. The van der Waals surface area contributed by atoms with Gasteiger partial charge in [0.05, 0.1) is 16.4 Å². The van der Waals surface area contributed by atoms with Crippen molar-refractivity contribution in [2.45, 2.75) is 19.4 Å².